The van der Waals surface area contributed by atoms with E-state index >= 15 is 0 Å². The minimum atomic E-state index is -0.190. The molecule has 0 aliphatic carbocycles. The van der Waals surface area contributed by atoms with Crippen molar-refractivity contribution in [3.8, 4) is 0 Å². The van der Waals surface area contributed by atoms with Crippen LogP contribution < -0.4 is 5.32 Å². The summed E-state index contributed by atoms with van der Waals surface area (Å²) in [5.41, 5.74) is 1.07. The van der Waals surface area contributed by atoms with Crippen LogP contribution in [0, 0.1) is 0 Å². The van der Waals surface area contributed by atoms with Crippen molar-refractivity contribution in [2.75, 3.05) is 18.4 Å². The SMILES string of the molecule is CCN(CC)C(=O)c1ccccc1NC(=O)c1cccs1. The fraction of sp³-hybridized carbons (Fsp3) is 0.250. The van der Waals surface area contributed by atoms with E-state index in [2.05, 4.69) is 5.32 Å². The molecule has 0 radical (unpaired) electrons. The average molecular weight is 302 g/mol. The van der Waals surface area contributed by atoms with Crippen molar-refractivity contribution in [3.63, 3.8) is 0 Å². The summed E-state index contributed by atoms with van der Waals surface area (Å²) in [5.74, 6) is -0.258. The van der Waals surface area contributed by atoms with Gasteiger partial charge in [-0.1, -0.05) is 18.2 Å². The van der Waals surface area contributed by atoms with Gasteiger partial charge in [0, 0.05) is 13.1 Å². The summed E-state index contributed by atoms with van der Waals surface area (Å²) in [7, 11) is 0. The Kier molecular flexibility index (Phi) is 5.11. The number of anilines is 1. The van der Waals surface area contributed by atoms with Gasteiger partial charge in [-0.05, 0) is 37.4 Å². The molecule has 0 bridgehead atoms. The van der Waals surface area contributed by atoms with Crippen LogP contribution in [0.15, 0.2) is 41.8 Å². The van der Waals surface area contributed by atoms with Crippen molar-refractivity contribution < 1.29 is 9.59 Å². The van der Waals surface area contributed by atoms with E-state index < -0.39 is 0 Å². The zero-order valence-electron chi connectivity index (χ0n) is 12.1. The topological polar surface area (TPSA) is 49.4 Å². The van der Waals surface area contributed by atoms with E-state index in [0.717, 1.165) is 0 Å². The maximum Gasteiger partial charge on any atom is 0.265 e. The highest BCUT2D eigenvalue weighted by Crippen LogP contribution is 2.19. The van der Waals surface area contributed by atoms with E-state index in [1.54, 1.807) is 29.2 Å². The number of benzene rings is 1. The van der Waals surface area contributed by atoms with Gasteiger partial charge in [0.25, 0.3) is 11.8 Å². The van der Waals surface area contributed by atoms with E-state index in [0.29, 0.717) is 29.2 Å². The number of amides is 2. The first-order valence-corrected chi connectivity index (χ1v) is 7.78. The maximum atomic E-state index is 12.5. The number of nitrogens with one attached hydrogen (secondary N) is 1. The van der Waals surface area contributed by atoms with Gasteiger partial charge in [0.15, 0.2) is 0 Å². The van der Waals surface area contributed by atoms with Crippen LogP contribution in [0.4, 0.5) is 5.69 Å². The molecule has 0 spiro atoms. The molecule has 4 nitrogen and oxygen atoms in total. The third-order valence-electron chi connectivity index (χ3n) is 3.20. The minimum Gasteiger partial charge on any atom is -0.339 e. The molecule has 110 valence electrons. The Bertz CT molecular complexity index is 619. The Balaban J connectivity index is 2.25. The summed E-state index contributed by atoms with van der Waals surface area (Å²) in [6.45, 7) is 5.16. The molecular weight excluding hydrogens is 284 g/mol. The first-order chi connectivity index (χ1) is 10.2. The molecule has 0 aliphatic rings. The molecule has 0 unspecified atom stereocenters. The summed E-state index contributed by atoms with van der Waals surface area (Å²) < 4.78 is 0. The molecule has 0 fully saturated rings. The Morgan fingerprint density at radius 2 is 1.81 bits per heavy atom. The smallest absolute Gasteiger partial charge is 0.265 e. The van der Waals surface area contributed by atoms with Crippen LogP contribution >= 0.6 is 11.3 Å². The predicted octanol–water partition coefficient (Wildman–Crippen LogP) is 3.48. The number of para-hydroxylation sites is 1. The van der Waals surface area contributed by atoms with Crippen LogP contribution in [0.2, 0.25) is 0 Å². The fourth-order valence-electron chi connectivity index (χ4n) is 2.05. The molecule has 0 saturated heterocycles. The molecule has 1 N–H and O–H groups in total. The molecule has 0 saturated carbocycles. The van der Waals surface area contributed by atoms with E-state index in [4.69, 9.17) is 0 Å². The number of carbonyl (C=O) groups excluding carboxylic acids is 2. The van der Waals surface area contributed by atoms with Gasteiger partial charge in [-0.3, -0.25) is 9.59 Å². The lowest BCUT2D eigenvalue weighted by Gasteiger charge is -2.20. The van der Waals surface area contributed by atoms with Crippen LogP contribution in [0.5, 0.6) is 0 Å². The molecule has 1 aromatic carbocycles. The van der Waals surface area contributed by atoms with Gasteiger partial charge in [0.05, 0.1) is 16.1 Å². The van der Waals surface area contributed by atoms with Crippen molar-refractivity contribution in [2.45, 2.75) is 13.8 Å². The van der Waals surface area contributed by atoms with Crippen molar-refractivity contribution in [1.29, 1.82) is 0 Å². The molecule has 5 heteroatoms. The second kappa shape index (κ2) is 7.04. The summed E-state index contributed by atoms with van der Waals surface area (Å²) >= 11 is 1.37. The van der Waals surface area contributed by atoms with Gasteiger partial charge in [-0.2, -0.15) is 0 Å². The number of hydrogen-bond donors (Lipinski definition) is 1. The van der Waals surface area contributed by atoms with Gasteiger partial charge in [0.1, 0.15) is 0 Å². The summed E-state index contributed by atoms with van der Waals surface area (Å²) in [6, 6.07) is 10.7. The Morgan fingerprint density at radius 1 is 1.10 bits per heavy atom. The summed E-state index contributed by atoms with van der Waals surface area (Å²) in [4.78, 5) is 27.0. The zero-order chi connectivity index (χ0) is 15.2. The quantitative estimate of drug-likeness (QED) is 0.919. The molecule has 1 heterocycles. The lowest BCUT2D eigenvalue weighted by molar-refractivity contribution is 0.0774. The molecule has 1 aromatic heterocycles. The summed E-state index contributed by atoms with van der Waals surface area (Å²) in [5, 5.41) is 4.67. The Labute approximate surface area is 128 Å². The van der Waals surface area contributed by atoms with Crippen molar-refractivity contribution in [2.24, 2.45) is 0 Å². The normalized spacial score (nSPS) is 10.2. The lowest BCUT2D eigenvalue weighted by Crippen LogP contribution is -2.31. The predicted molar refractivity (Wildman–Crippen MR) is 86.0 cm³/mol. The molecule has 21 heavy (non-hydrogen) atoms. The molecule has 0 atom stereocenters. The Hall–Kier alpha value is -2.14. The maximum absolute atomic E-state index is 12.5. The minimum absolute atomic E-state index is 0.0675. The molecular formula is C16H18N2O2S. The van der Waals surface area contributed by atoms with Crippen molar-refractivity contribution in [1.82, 2.24) is 4.90 Å². The molecule has 2 aromatic rings. The van der Waals surface area contributed by atoms with Crippen LogP contribution in [-0.2, 0) is 0 Å². The van der Waals surface area contributed by atoms with E-state index in [1.807, 2.05) is 31.4 Å². The Morgan fingerprint density at radius 3 is 2.43 bits per heavy atom. The molecule has 0 aliphatic heterocycles. The number of thiophene rings is 1. The third kappa shape index (κ3) is 3.49. The number of hydrogen-bond acceptors (Lipinski definition) is 3. The average Bonchev–Trinajstić information content (AvgIpc) is 3.03. The second-order valence-corrected chi connectivity index (χ2v) is 5.40. The number of carbonyl (C=O) groups is 2. The highest BCUT2D eigenvalue weighted by Gasteiger charge is 2.17. The standard InChI is InChI=1S/C16H18N2O2S/c1-3-18(4-2)16(20)12-8-5-6-9-13(12)17-15(19)14-10-7-11-21-14/h5-11H,3-4H2,1-2H3,(H,17,19). The number of nitrogens with zero attached hydrogens (tertiary/aromatic N) is 1. The van der Waals surface area contributed by atoms with Gasteiger partial charge in [-0.25, -0.2) is 0 Å². The van der Waals surface area contributed by atoms with E-state index in [-0.39, 0.29) is 11.8 Å². The van der Waals surface area contributed by atoms with Crippen LogP contribution in [0.3, 0.4) is 0 Å². The molecule has 2 amide bonds. The fourth-order valence-corrected chi connectivity index (χ4v) is 2.67. The lowest BCUT2D eigenvalue weighted by atomic mass is 10.1. The van der Waals surface area contributed by atoms with Crippen LogP contribution in [0.1, 0.15) is 33.9 Å². The first kappa shape index (κ1) is 15.3. The van der Waals surface area contributed by atoms with E-state index in [9.17, 15) is 9.59 Å². The molecule has 2 rings (SSSR count). The highest BCUT2D eigenvalue weighted by molar-refractivity contribution is 7.12. The van der Waals surface area contributed by atoms with Gasteiger partial charge in [-0.15, -0.1) is 11.3 Å². The van der Waals surface area contributed by atoms with Crippen molar-refractivity contribution in [3.05, 3.63) is 52.2 Å². The van der Waals surface area contributed by atoms with Gasteiger partial charge in [0.2, 0.25) is 0 Å². The third-order valence-corrected chi connectivity index (χ3v) is 4.07. The van der Waals surface area contributed by atoms with E-state index in [1.165, 1.54) is 11.3 Å². The van der Waals surface area contributed by atoms with Gasteiger partial charge >= 0.3 is 0 Å². The zero-order valence-corrected chi connectivity index (χ0v) is 12.9. The number of rotatable bonds is 5. The van der Waals surface area contributed by atoms with Crippen molar-refractivity contribution >= 4 is 28.8 Å². The second-order valence-electron chi connectivity index (χ2n) is 4.45. The van der Waals surface area contributed by atoms with Gasteiger partial charge < -0.3 is 10.2 Å². The highest BCUT2D eigenvalue weighted by atomic mass is 32.1. The first-order valence-electron chi connectivity index (χ1n) is 6.90. The monoisotopic (exact) mass is 302 g/mol. The largest absolute Gasteiger partial charge is 0.339 e. The van der Waals surface area contributed by atoms with Crippen LogP contribution in [0.25, 0.3) is 0 Å². The van der Waals surface area contributed by atoms with Crippen LogP contribution in [-0.4, -0.2) is 29.8 Å². The summed E-state index contributed by atoms with van der Waals surface area (Å²) in [6.07, 6.45) is 0.